The highest BCUT2D eigenvalue weighted by Crippen LogP contribution is 2.20. The molecule has 0 saturated carbocycles. The Kier molecular flexibility index (Phi) is 7.25. The maximum Gasteiger partial charge on any atom is 0.262 e. The number of hydrogen-bond donors (Lipinski definition) is 2. The zero-order chi connectivity index (χ0) is 21.6. The second kappa shape index (κ2) is 9.88. The van der Waals surface area contributed by atoms with Gasteiger partial charge in [0.2, 0.25) is 10.0 Å². The number of carbonyl (C=O) groups is 1. The normalized spacial score (nSPS) is 12.2. The number of benzene rings is 3. The van der Waals surface area contributed by atoms with Gasteiger partial charge in [-0.2, -0.15) is 0 Å². The van der Waals surface area contributed by atoms with Crippen LogP contribution >= 0.6 is 15.9 Å². The largest absolute Gasteiger partial charge is 0.484 e. The van der Waals surface area contributed by atoms with Crippen LogP contribution in [0.25, 0.3) is 0 Å². The maximum atomic E-state index is 12.6. The van der Waals surface area contributed by atoms with Crippen molar-refractivity contribution < 1.29 is 17.9 Å². The van der Waals surface area contributed by atoms with Crippen LogP contribution in [0.15, 0.2) is 88.2 Å². The minimum atomic E-state index is -3.69. The summed E-state index contributed by atoms with van der Waals surface area (Å²) in [5, 5.41) is 2.73. The van der Waals surface area contributed by atoms with Gasteiger partial charge in [-0.3, -0.25) is 4.79 Å². The molecule has 0 aliphatic rings. The molecule has 1 amide bonds. The molecule has 156 valence electrons. The second-order valence-electron chi connectivity index (χ2n) is 6.57. The first kappa shape index (κ1) is 22.0. The number of amides is 1. The Morgan fingerprint density at radius 2 is 1.70 bits per heavy atom. The van der Waals surface area contributed by atoms with E-state index in [1.54, 1.807) is 19.1 Å². The fourth-order valence-electron chi connectivity index (χ4n) is 2.74. The lowest BCUT2D eigenvalue weighted by Gasteiger charge is -2.15. The summed E-state index contributed by atoms with van der Waals surface area (Å²) in [7, 11) is -3.69. The SMILES string of the molecule is C[C@@H](NS(=O)(=O)c1ccc(OCC(=O)Nc2cccc(Br)c2)cc1)c1ccccc1. The van der Waals surface area contributed by atoms with Gasteiger partial charge >= 0.3 is 0 Å². The van der Waals surface area contributed by atoms with Gasteiger partial charge in [-0.15, -0.1) is 0 Å². The van der Waals surface area contributed by atoms with E-state index in [0.29, 0.717) is 11.4 Å². The standard InChI is InChI=1S/C22H21BrN2O4S/c1-16(17-6-3-2-4-7-17)25-30(27,28)21-12-10-20(11-13-21)29-15-22(26)24-19-9-5-8-18(23)14-19/h2-14,16,25H,15H2,1H3,(H,24,26)/t16-/m1/s1. The van der Waals surface area contributed by atoms with E-state index >= 15 is 0 Å². The van der Waals surface area contributed by atoms with Crippen molar-refractivity contribution in [2.75, 3.05) is 11.9 Å². The second-order valence-corrected chi connectivity index (χ2v) is 9.20. The summed E-state index contributed by atoms with van der Waals surface area (Å²) in [5.74, 6) is 0.0811. The molecular formula is C22H21BrN2O4S. The van der Waals surface area contributed by atoms with E-state index < -0.39 is 10.0 Å². The number of rotatable bonds is 8. The van der Waals surface area contributed by atoms with Crippen LogP contribution < -0.4 is 14.8 Å². The summed E-state index contributed by atoms with van der Waals surface area (Å²) in [4.78, 5) is 12.1. The smallest absolute Gasteiger partial charge is 0.262 e. The van der Waals surface area contributed by atoms with E-state index in [-0.39, 0.29) is 23.5 Å². The van der Waals surface area contributed by atoms with Crippen molar-refractivity contribution in [3.63, 3.8) is 0 Å². The van der Waals surface area contributed by atoms with Gasteiger partial charge in [-0.1, -0.05) is 52.3 Å². The quantitative estimate of drug-likeness (QED) is 0.488. The Hall–Kier alpha value is -2.68. The molecule has 0 unspecified atom stereocenters. The van der Waals surface area contributed by atoms with Gasteiger partial charge in [-0.05, 0) is 55.0 Å². The molecule has 3 aromatic rings. The summed E-state index contributed by atoms with van der Waals surface area (Å²) in [6, 6.07) is 22.1. The Labute approximate surface area is 184 Å². The van der Waals surface area contributed by atoms with Gasteiger partial charge in [0, 0.05) is 16.2 Å². The number of carbonyl (C=O) groups excluding carboxylic acids is 1. The molecule has 8 heteroatoms. The van der Waals surface area contributed by atoms with Crippen molar-refractivity contribution in [3.05, 3.63) is 88.9 Å². The Morgan fingerprint density at radius 1 is 1.00 bits per heavy atom. The lowest BCUT2D eigenvalue weighted by atomic mass is 10.1. The molecule has 0 radical (unpaired) electrons. The summed E-state index contributed by atoms with van der Waals surface area (Å²) in [6.07, 6.45) is 0. The highest BCUT2D eigenvalue weighted by atomic mass is 79.9. The average molecular weight is 489 g/mol. The van der Waals surface area contributed by atoms with Crippen molar-refractivity contribution in [2.24, 2.45) is 0 Å². The van der Waals surface area contributed by atoms with Crippen molar-refractivity contribution in [1.82, 2.24) is 4.72 Å². The molecule has 0 fully saturated rings. The molecule has 3 rings (SSSR count). The molecular weight excluding hydrogens is 468 g/mol. The molecule has 1 atom stereocenters. The number of ether oxygens (including phenoxy) is 1. The van der Waals surface area contributed by atoms with Crippen LogP contribution in [0, 0.1) is 0 Å². The van der Waals surface area contributed by atoms with Crippen LogP contribution in [0.3, 0.4) is 0 Å². The number of hydrogen-bond acceptors (Lipinski definition) is 4. The monoisotopic (exact) mass is 488 g/mol. The van der Waals surface area contributed by atoms with Crippen LogP contribution in [0.2, 0.25) is 0 Å². The average Bonchev–Trinajstić information content (AvgIpc) is 2.73. The highest BCUT2D eigenvalue weighted by molar-refractivity contribution is 9.10. The van der Waals surface area contributed by atoms with E-state index in [1.807, 2.05) is 42.5 Å². The number of anilines is 1. The third-order valence-electron chi connectivity index (χ3n) is 4.24. The minimum absolute atomic E-state index is 0.121. The van der Waals surface area contributed by atoms with Gasteiger partial charge in [-0.25, -0.2) is 13.1 Å². The predicted octanol–water partition coefficient (Wildman–Crippen LogP) is 4.51. The van der Waals surface area contributed by atoms with Crippen LogP contribution in [0.4, 0.5) is 5.69 Å². The minimum Gasteiger partial charge on any atom is -0.484 e. The zero-order valence-corrected chi connectivity index (χ0v) is 18.6. The van der Waals surface area contributed by atoms with Gasteiger partial charge in [0.05, 0.1) is 4.90 Å². The van der Waals surface area contributed by atoms with E-state index in [0.717, 1.165) is 10.0 Å². The Morgan fingerprint density at radius 3 is 2.37 bits per heavy atom. The fourth-order valence-corrected chi connectivity index (χ4v) is 4.37. The summed E-state index contributed by atoms with van der Waals surface area (Å²) < 4.78 is 34.2. The predicted molar refractivity (Wildman–Crippen MR) is 120 cm³/mol. The van der Waals surface area contributed by atoms with Crippen molar-refractivity contribution >= 4 is 37.5 Å². The summed E-state index contributed by atoms with van der Waals surface area (Å²) >= 11 is 3.34. The van der Waals surface area contributed by atoms with Crippen LogP contribution in [0.1, 0.15) is 18.5 Å². The van der Waals surface area contributed by atoms with E-state index in [4.69, 9.17) is 4.74 Å². The molecule has 0 aliphatic carbocycles. The van der Waals surface area contributed by atoms with E-state index in [2.05, 4.69) is 26.0 Å². The van der Waals surface area contributed by atoms with E-state index in [1.165, 1.54) is 24.3 Å². The first-order chi connectivity index (χ1) is 14.3. The molecule has 0 saturated heterocycles. The fraction of sp³-hybridized carbons (Fsp3) is 0.136. The molecule has 0 heterocycles. The maximum absolute atomic E-state index is 12.6. The van der Waals surface area contributed by atoms with Crippen LogP contribution in [-0.4, -0.2) is 20.9 Å². The highest BCUT2D eigenvalue weighted by Gasteiger charge is 2.18. The number of nitrogens with one attached hydrogen (secondary N) is 2. The third-order valence-corrected chi connectivity index (χ3v) is 6.29. The van der Waals surface area contributed by atoms with Crippen LogP contribution in [-0.2, 0) is 14.8 Å². The number of sulfonamides is 1. The first-order valence-electron chi connectivity index (χ1n) is 9.19. The molecule has 0 aromatic heterocycles. The topological polar surface area (TPSA) is 84.5 Å². The lowest BCUT2D eigenvalue weighted by Crippen LogP contribution is -2.26. The van der Waals surface area contributed by atoms with E-state index in [9.17, 15) is 13.2 Å². The Balaban J connectivity index is 1.56. The van der Waals surface area contributed by atoms with Crippen molar-refractivity contribution in [2.45, 2.75) is 17.9 Å². The lowest BCUT2D eigenvalue weighted by molar-refractivity contribution is -0.118. The zero-order valence-electron chi connectivity index (χ0n) is 16.2. The Bertz CT molecular complexity index is 1100. The summed E-state index contributed by atoms with van der Waals surface area (Å²) in [5.41, 5.74) is 1.52. The van der Waals surface area contributed by atoms with Crippen LogP contribution in [0.5, 0.6) is 5.75 Å². The molecule has 3 aromatic carbocycles. The first-order valence-corrected chi connectivity index (χ1v) is 11.5. The molecule has 0 spiro atoms. The van der Waals surface area contributed by atoms with Gasteiger partial charge in [0.1, 0.15) is 5.75 Å². The molecule has 6 nitrogen and oxygen atoms in total. The van der Waals surface area contributed by atoms with Gasteiger partial charge in [0.15, 0.2) is 6.61 Å². The van der Waals surface area contributed by atoms with Crippen molar-refractivity contribution in [3.8, 4) is 5.75 Å². The molecule has 0 aliphatic heterocycles. The molecule has 2 N–H and O–H groups in total. The van der Waals surface area contributed by atoms with Crippen molar-refractivity contribution in [1.29, 1.82) is 0 Å². The summed E-state index contributed by atoms with van der Waals surface area (Å²) in [6.45, 7) is 1.59. The third kappa shape index (κ3) is 6.16. The van der Waals surface area contributed by atoms with Gasteiger partial charge < -0.3 is 10.1 Å². The number of halogens is 1. The molecule has 30 heavy (non-hydrogen) atoms. The molecule has 0 bridgehead atoms. The van der Waals surface area contributed by atoms with Gasteiger partial charge in [0.25, 0.3) is 5.91 Å².